The fraction of sp³-hybridized carbons (Fsp3) is 0.364. The quantitative estimate of drug-likeness (QED) is 0.167. The van der Waals surface area contributed by atoms with Crippen molar-refractivity contribution in [2.24, 2.45) is 9.98 Å². The van der Waals surface area contributed by atoms with Gasteiger partial charge in [0, 0.05) is 43.4 Å². The fourth-order valence-electron chi connectivity index (χ4n) is 2.18. The van der Waals surface area contributed by atoms with Crippen molar-refractivity contribution >= 4 is 76.1 Å². The summed E-state index contributed by atoms with van der Waals surface area (Å²) in [7, 11) is 0. The van der Waals surface area contributed by atoms with E-state index in [0.29, 0.717) is 20.1 Å². The Morgan fingerprint density at radius 3 is 1.39 bits per heavy atom. The molecule has 0 radical (unpaired) electrons. The SMILES string of the molecule is CCCCN=Cc1cc(Br)cc(Br)c1[O-].CCCCN=Cc1cc(Br)cc(Br)c1[O-].[Ni+2]. The molecule has 2 rings (SSSR count). The van der Waals surface area contributed by atoms with Gasteiger partial charge in [-0.2, -0.15) is 0 Å². The van der Waals surface area contributed by atoms with Gasteiger partial charge in [0.25, 0.3) is 0 Å². The third-order valence-corrected chi connectivity index (χ3v) is 5.91. The summed E-state index contributed by atoms with van der Waals surface area (Å²) in [4.78, 5) is 8.42. The second kappa shape index (κ2) is 17.3. The minimum absolute atomic E-state index is 0. The minimum Gasteiger partial charge on any atom is -0.871 e. The summed E-state index contributed by atoms with van der Waals surface area (Å²) in [5.74, 6) is -0.0307. The number of benzene rings is 2. The molecule has 0 saturated heterocycles. The van der Waals surface area contributed by atoms with Gasteiger partial charge >= 0.3 is 16.5 Å². The first-order valence-electron chi connectivity index (χ1n) is 9.61. The van der Waals surface area contributed by atoms with Gasteiger partial charge in [0.15, 0.2) is 0 Å². The Hall–Kier alpha value is -0.206. The molecule has 0 N–H and O–H groups in total. The maximum atomic E-state index is 11.6. The molecule has 0 unspecified atom stereocenters. The van der Waals surface area contributed by atoms with Crippen LogP contribution in [0.5, 0.6) is 11.5 Å². The van der Waals surface area contributed by atoms with Gasteiger partial charge in [-0.3, -0.25) is 9.98 Å². The van der Waals surface area contributed by atoms with E-state index in [9.17, 15) is 10.2 Å². The van der Waals surface area contributed by atoms with Crippen LogP contribution in [-0.4, -0.2) is 25.5 Å². The van der Waals surface area contributed by atoms with Crippen LogP contribution in [0, 0.1) is 0 Å². The van der Waals surface area contributed by atoms with Gasteiger partial charge in [0.05, 0.1) is 0 Å². The predicted molar refractivity (Wildman–Crippen MR) is 137 cm³/mol. The van der Waals surface area contributed by atoms with Crippen molar-refractivity contribution in [2.75, 3.05) is 13.1 Å². The van der Waals surface area contributed by atoms with Gasteiger partial charge in [-0.05, 0) is 48.2 Å². The van der Waals surface area contributed by atoms with Crippen molar-refractivity contribution in [3.05, 3.63) is 53.3 Å². The number of rotatable bonds is 8. The Morgan fingerprint density at radius 1 is 0.710 bits per heavy atom. The van der Waals surface area contributed by atoms with Crippen molar-refractivity contribution in [2.45, 2.75) is 39.5 Å². The van der Waals surface area contributed by atoms with Crippen LogP contribution in [0.1, 0.15) is 50.7 Å². The summed E-state index contributed by atoms with van der Waals surface area (Å²) in [5, 5.41) is 23.3. The molecule has 9 heteroatoms. The van der Waals surface area contributed by atoms with Crippen molar-refractivity contribution in [3.8, 4) is 11.5 Å². The Balaban J connectivity index is 0.000000562. The molecule has 0 spiro atoms. The molecule has 2 aromatic carbocycles. The van der Waals surface area contributed by atoms with E-state index in [1.165, 1.54) is 0 Å². The monoisotopic (exact) mass is 722 g/mol. The van der Waals surface area contributed by atoms with Crippen LogP contribution in [0.4, 0.5) is 0 Å². The van der Waals surface area contributed by atoms with Crippen molar-refractivity contribution in [1.29, 1.82) is 0 Å². The summed E-state index contributed by atoms with van der Waals surface area (Å²) in [6.07, 6.45) is 7.63. The van der Waals surface area contributed by atoms with Crippen LogP contribution < -0.4 is 10.2 Å². The zero-order valence-corrected chi connectivity index (χ0v) is 24.6. The molecule has 0 aliphatic carbocycles. The van der Waals surface area contributed by atoms with Gasteiger partial charge in [0.2, 0.25) is 0 Å². The van der Waals surface area contributed by atoms with E-state index in [1.807, 2.05) is 0 Å². The van der Waals surface area contributed by atoms with Crippen molar-refractivity contribution in [1.82, 2.24) is 0 Å². The molecule has 0 aliphatic rings. The topological polar surface area (TPSA) is 70.8 Å². The molecule has 0 aromatic heterocycles. The van der Waals surface area contributed by atoms with E-state index < -0.39 is 0 Å². The molecule has 172 valence electrons. The van der Waals surface area contributed by atoms with E-state index in [-0.39, 0.29) is 28.0 Å². The number of nitrogens with zero attached hydrogens (tertiary/aromatic N) is 2. The molecule has 0 heterocycles. The molecule has 4 nitrogen and oxygen atoms in total. The third kappa shape index (κ3) is 12.0. The summed E-state index contributed by atoms with van der Waals surface area (Å²) in [5.41, 5.74) is 1.24. The zero-order chi connectivity index (χ0) is 22.5. The minimum atomic E-state index is -0.0153. The molecule has 0 bridgehead atoms. The molecule has 0 atom stereocenters. The number of hydrogen-bond acceptors (Lipinski definition) is 4. The molecule has 2 aromatic rings. The first-order chi connectivity index (χ1) is 14.3. The average Bonchev–Trinajstić information content (AvgIpc) is 2.70. The predicted octanol–water partition coefficient (Wildman–Crippen LogP) is 7.01. The van der Waals surface area contributed by atoms with E-state index in [4.69, 9.17) is 0 Å². The van der Waals surface area contributed by atoms with E-state index in [1.54, 1.807) is 36.7 Å². The largest absolute Gasteiger partial charge is 2.00 e. The third-order valence-electron chi connectivity index (χ3n) is 3.82. The normalized spacial score (nSPS) is 10.8. The molecular weight excluding hydrogens is 703 g/mol. The number of unbranched alkanes of at least 4 members (excludes halogenated alkanes) is 2. The van der Waals surface area contributed by atoms with E-state index in [2.05, 4.69) is 87.6 Å². The molecule has 0 saturated carbocycles. The second-order valence-electron chi connectivity index (χ2n) is 6.39. The summed E-state index contributed by atoms with van der Waals surface area (Å²) in [6, 6.07) is 7.04. The van der Waals surface area contributed by atoms with E-state index in [0.717, 1.165) is 47.7 Å². The number of aliphatic imine (C=N–C) groups is 2. The summed E-state index contributed by atoms with van der Waals surface area (Å²) >= 11 is 13.1. The van der Waals surface area contributed by atoms with Crippen LogP contribution in [0.15, 0.2) is 52.1 Å². The first-order valence-corrected chi connectivity index (χ1v) is 12.8. The van der Waals surface area contributed by atoms with Crippen LogP contribution in [0.3, 0.4) is 0 Å². The van der Waals surface area contributed by atoms with Gasteiger partial charge in [-0.1, -0.05) is 102 Å². The van der Waals surface area contributed by atoms with Crippen molar-refractivity contribution in [3.63, 3.8) is 0 Å². The standard InChI is InChI=1S/2C11H13Br2NO.Ni/c2*1-2-3-4-14-7-8-5-9(12)6-10(13)11(8)15;/h2*5-7,15H,2-4H2,1H3;/q;;+2/p-2. The van der Waals surface area contributed by atoms with Crippen LogP contribution in [0.25, 0.3) is 0 Å². The second-order valence-corrected chi connectivity index (χ2v) is 9.93. The number of hydrogen-bond donors (Lipinski definition) is 0. The Morgan fingerprint density at radius 2 is 1.06 bits per heavy atom. The maximum Gasteiger partial charge on any atom is 2.00 e. The molecule has 31 heavy (non-hydrogen) atoms. The van der Waals surface area contributed by atoms with Gasteiger partial charge < -0.3 is 10.2 Å². The molecule has 0 fully saturated rings. The van der Waals surface area contributed by atoms with Gasteiger partial charge in [-0.15, -0.1) is 0 Å². The van der Waals surface area contributed by atoms with E-state index >= 15 is 0 Å². The van der Waals surface area contributed by atoms with Gasteiger partial charge in [0.1, 0.15) is 0 Å². The summed E-state index contributed by atoms with van der Waals surface area (Å²) in [6.45, 7) is 5.79. The Kier molecular flexibility index (Phi) is 17.2. The Labute approximate surface area is 228 Å². The van der Waals surface area contributed by atoms with Crippen LogP contribution in [0.2, 0.25) is 0 Å². The zero-order valence-electron chi connectivity index (χ0n) is 17.2. The fourth-order valence-corrected chi connectivity index (χ4v) is 4.69. The first kappa shape index (κ1) is 30.8. The number of halogens is 4. The Bertz CT molecular complexity index is 806. The molecule has 0 aliphatic heterocycles. The average molecular weight is 727 g/mol. The van der Waals surface area contributed by atoms with Crippen LogP contribution in [-0.2, 0) is 16.5 Å². The molecule has 0 amide bonds. The van der Waals surface area contributed by atoms with Gasteiger partial charge in [-0.25, -0.2) is 0 Å². The summed E-state index contributed by atoms with van der Waals surface area (Å²) < 4.78 is 2.89. The van der Waals surface area contributed by atoms with Crippen LogP contribution >= 0.6 is 63.7 Å². The smallest absolute Gasteiger partial charge is 0.871 e. The molecular formula is C22H24Br4N2NiO2. The maximum absolute atomic E-state index is 11.6. The van der Waals surface area contributed by atoms with Crippen molar-refractivity contribution < 1.29 is 26.7 Å².